The molecule has 0 saturated heterocycles. The zero-order valence-corrected chi connectivity index (χ0v) is 10.6. The number of nitrogens with one attached hydrogen (secondary N) is 1. The van der Waals surface area contributed by atoms with Crippen molar-refractivity contribution in [3.63, 3.8) is 0 Å². The van der Waals surface area contributed by atoms with Crippen LogP contribution in [0.4, 0.5) is 0 Å². The number of aromatic nitrogens is 2. The van der Waals surface area contributed by atoms with Crippen molar-refractivity contribution in [3.8, 4) is 0 Å². The van der Waals surface area contributed by atoms with Crippen molar-refractivity contribution in [1.29, 1.82) is 0 Å². The van der Waals surface area contributed by atoms with E-state index < -0.39 is 0 Å². The van der Waals surface area contributed by atoms with E-state index in [0.717, 1.165) is 11.5 Å². The molecule has 0 spiro atoms. The Morgan fingerprint density at radius 3 is 2.53 bits per heavy atom. The molecule has 0 aliphatic rings. The third-order valence-corrected chi connectivity index (χ3v) is 2.67. The summed E-state index contributed by atoms with van der Waals surface area (Å²) in [5.41, 5.74) is 1.17. The summed E-state index contributed by atoms with van der Waals surface area (Å²) in [7, 11) is 0. The molecule has 2 rings (SSSR count). The van der Waals surface area contributed by atoms with Crippen molar-refractivity contribution in [2.24, 2.45) is 0 Å². The van der Waals surface area contributed by atoms with Gasteiger partial charge in [-0.25, -0.2) is 0 Å². The molecule has 0 aromatic carbocycles. The van der Waals surface area contributed by atoms with Crippen molar-refractivity contribution >= 4 is 0 Å². The largest absolute Gasteiger partial charge is 0.466 e. The van der Waals surface area contributed by atoms with E-state index in [2.05, 4.69) is 22.4 Å². The highest BCUT2D eigenvalue weighted by Crippen LogP contribution is 2.21. The van der Waals surface area contributed by atoms with Gasteiger partial charge in [-0.2, -0.15) is 0 Å². The van der Waals surface area contributed by atoms with Gasteiger partial charge in [-0.1, -0.05) is 0 Å². The van der Waals surface area contributed by atoms with E-state index in [4.69, 9.17) is 8.83 Å². The van der Waals surface area contributed by atoms with Gasteiger partial charge in [-0.15, -0.1) is 10.2 Å². The second-order valence-corrected chi connectivity index (χ2v) is 4.19. The average molecular weight is 235 g/mol. The topological polar surface area (TPSA) is 64.1 Å². The number of nitrogens with zero attached hydrogens (tertiary/aromatic N) is 2. The first kappa shape index (κ1) is 11.9. The fraction of sp³-hybridized carbons (Fsp3) is 0.500. The molecule has 92 valence electrons. The van der Waals surface area contributed by atoms with Gasteiger partial charge < -0.3 is 14.2 Å². The lowest BCUT2D eigenvalue weighted by Crippen LogP contribution is -2.18. The lowest BCUT2D eigenvalue weighted by molar-refractivity contribution is 0.427. The third kappa shape index (κ3) is 2.74. The second-order valence-electron chi connectivity index (χ2n) is 4.19. The number of furan rings is 1. The number of hydrogen-bond acceptors (Lipinski definition) is 5. The van der Waals surface area contributed by atoms with Crippen LogP contribution in [-0.4, -0.2) is 10.2 Å². The first-order chi connectivity index (χ1) is 8.06. The van der Waals surface area contributed by atoms with Gasteiger partial charge in [0.2, 0.25) is 11.8 Å². The summed E-state index contributed by atoms with van der Waals surface area (Å²) in [5.74, 6) is 3.07. The summed E-state index contributed by atoms with van der Waals surface area (Å²) in [6.45, 7) is 8.34. The first-order valence-corrected chi connectivity index (χ1v) is 5.65. The Bertz CT molecular complexity index is 502. The first-order valence-electron chi connectivity index (χ1n) is 5.65. The van der Waals surface area contributed by atoms with Crippen LogP contribution in [0.3, 0.4) is 0 Å². The number of aryl methyl sites for hydroxylation is 3. The van der Waals surface area contributed by atoms with Crippen LogP contribution >= 0.6 is 0 Å². The molecule has 0 fully saturated rings. The number of rotatable bonds is 4. The molecular weight excluding hydrogens is 218 g/mol. The van der Waals surface area contributed by atoms with Crippen molar-refractivity contribution < 1.29 is 8.83 Å². The molecule has 2 aromatic rings. The molecule has 0 saturated carbocycles. The average Bonchev–Trinajstić information content (AvgIpc) is 2.81. The van der Waals surface area contributed by atoms with Crippen molar-refractivity contribution in [2.45, 2.75) is 40.3 Å². The van der Waals surface area contributed by atoms with Gasteiger partial charge in [0.25, 0.3) is 0 Å². The summed E-state index contributed by atoms with van der Waals surface area (Å²) >= 11 is 0. The van der Waals surface area contributed by atoms with Crippen LogP contribution in [0.1, 0.15) is 41.8 Å². The number of hydrogen-bond donors (Lipinski definition) is 1. The predicted molar refractivity (Wildman–Crippen MR) is 62.5 cm³/mol. The smallest absolute Gasteiger partial charge is 0.230 e. The molecule has 5 heteroatoms. The molecule has 0 radical (unpaired) electrons. The summed E-state index contributed by atoms with van der Waals surface area (Å²) in [6.07, 6.45) is 0. The van der Waals surface area contributed by atoms with Crippen molar-refractivity contribution in [3.05, 3.63) is 34.9 Å². The molecule has 17 heavy (non-hydrogen) atoms. The maximum atomic E-state index is 5.50. The minimum absolute atomic E-state index is 0.194. The quantitative estimate of drug-likeness (QED) is 0.881. The minimum atomic E-state index is 0.194. The van der Waals surface area contributed by atoms with E-state index in [9.17, 15) is 0 Å². The van der Waals surface area contributed by atoms with E-state index in [1.54, 1.807) is 6.92 Å². The normalized spacial score (nSPS) is 12.9. The molecule has 5 nitrogen and oxygen atoms in total. The summed E-state index contributed by atoms with van der Waals surface area (Å²) < 4.78 is 10.8. The molecule has 0 aliphatic heterocycles. The second kappa shape index (κ2) is 4.71. The fourth-order valence-electron chi connectivity index (χ4n) is 1.84. The third-order valence-electron chi connectivity index (χ3n) is 2.67. The van der Waals surface area contributed by atoms with Crippen molar-refractivity contribution in [1.82, 2.24) is 15.5 Å². The van der Waals surface area contributed by atoms with E-state index in [1.165, 1.54) is 5.56 Å². The molecular formula is C12H17N3O2. The highest BCUT2D eigenvalue weighted by molar-refractivity contribution is 5.23. The van der Waals surface area contributed by atoms with Crippen LogP contribution in [0, 0.1) is 20.8 Å². The zero-order valence-electron chi connectivity index (χ0n) is 10.6. The van der Waals surface area contributed by atoms with Gasteiger partial charge in [0.15, 0.2) is 0 Å². The summed E-state index contributed by atoms with van der Waals surface area (Å²) in [4.78, 5) is 0. The SMILES string of the molecule is Cc1cc(C(C)NCc2nnc(C)o2)c(C)o1. The molecule has 0 amide bonds. The predicted octanol–water partition coefficient (Wildman–Crippen LogP) is 2.44. The van der Waals surface area contributed by atoms with E-state index in [1.807, 2.05) is 19.9 Å². The Hall–Kier alpha value is -1.62. The van der Waals surface area contributed by atoms with E-state index in [0.29, 0.717) is 18.3 Å². The van der Waals surface area contributed by atoms with Gasteiger partial charge in [0, 0.05) is 18.5 Å². The van der Waals surface area contributed by atoms with Crippen LogP contribution in [0.25, 0.3) is 0 Å². The van der Waals surface area contributed by atoms with Gasteiger partial charge in [0.05, 0.1) is 6.54 Å². The standard InChI is InChI=1S/C12H17N3O2/c1-7-5-11(9(3)16-7)8(2)13-6-12-15-14-10(4)17-12/h5,8,13H,6H2,1-4H3. The lowest BCUT2D eigenvalue weighted by Gasteiger charge is -2.10. The highest BCUT2D eigenvalue weighted by Gasteiger charge is 2.13. The van der Waals surface area contributed by atoms with Crippen LogP contribution in [0.5, 0.6) is 0 Å². The monoisotopic (exact) mass is 235 g/mol. The maximum Gasteiger partial charge on any atom is 0.230 e. The molecule has 1 atom stereocenters. The minimum Gasteiger partial charge on any atom is -0.466 e. The Balaban J connectivity index is 1.97. The van der Waals surface area contributed by atoms with Crippen LogP contribution in [0.15, 0.2) is 14.9 Å². The Morgan fingerprint density at radius 2 is 2.00 bits per heavy atom. The van der Waals surface area contributed by atoms with Gasteiger partial charge in [-0.3, -0.25) is 0 Å². The fourth-order valence-corrected chi connectivity index (χ4v) is 1.84. The Kier molecular flexibility index (Phi) is 3.28. The molecule has 1 N–H and O–H groups in total. The van der Waals surface area contributed by atoms with Gasteiger partial charge in [0.1, 0.15) is 11.5 Å². The Morgan fingerprint density at radius 1 is 1.24 bits per heavy atom. The van der Waals surface area contributed by atoms with Gasteiger partial charge in [-0.05, 0) is 26.8 Å². The van der Waals surface area contributed by atoms with Crippen LogP contribution in [-0.2, 0) is 6.54 Å². The van der Waals surface area contributed by atoms with Crippen molar-refractivity contribution in [2.75, 3.05) is 0 Å². The highest BCUT2D eigenvalue weighted by atomic mass is 16.4. The maximum absolute atomic E-state index is 5.50. The van der Waals surface area contributed by atoms with Crippen LogP contribution < -0.4 is 5.32 Å². The zero-order chi connectivity index (χ0) is 12.4. The molecule has 1 unspecified atom stereocenters. The van der Waals surface area contributed by atoms with Crippen LogP contribution in [0.2, 0.25) is 0 Å². The van der Waals surface area contributed by atoms with E-state index >= 15 is 0 Å². The molecule has 0 bridgehead atoms. The lowest BCUT2D eigenvalue weighted by atomic mass is 10.1. The summed E-state index contributed by atoms with van der Waals surface area (Å²) in [6, 6.07) is 2.24. The van der Waals surface area contributed by atoms with E-state index in [-0.39, 0.29) is 6.04 Å². The van der Waals surface area contributed by atoms with Gasteiger partial charge >= 0.3 is 0 Å². The Labute approximate surface area is 100 Å². The molecule has 2 aromatic heterocycles. The summed E-state index contributed by atoms with van der Waals surface area (Å²) in [5, 5.41) is 11.0. The molecule has 0 aliphatic carbocycles. The molecule has 2 heterocycles.